The molecule has 0 spiro atoms. The molecule has 1 aromatic carbocycles. The van der Waals surface area contributed by atoms with E-state index < -0.39 is 0 Å². The predicted molar refractivity (Wildman–Crippen MR) is 76.3 cm³/mol. The van der Waals surface area contributed by atoms with Crippen molar-refractivity contribution in [2.75, 3.05) is 0 Å². The Labute approximate surface area is 115 Å². The van der Waals surface area contributed by atoms with Crippen molar-refractivity contribution in [2.45, 2.75) is 32.2 Å². The van der Waals surface area contributed by atoms with E-state index in [9.17, 15) is 0 Å². The van der Waals surface area contributed by atoms with Crippen molar-refractivity contribution >= 4 is 15.9 Å². The van der Waals surface area contributed by atoms with Crippen LogP contribution < -0.4 is 5.73 Å². The Balaban J connectivity index is 2.06. The molecule has 1 aliphatic rings. The molecule has 0 fully saturated rings. The number of fused-ring (bicyclic) bond motifs is 1. The van der Waals surface area contributed by atoms with Gasteiger partial charge in [-0.3, -0.25) is 0 Å². The van der Waals surface area contributed by atoms with E-state index in [1.165, 1.54) is 36.8 Å². The monoisotopic (exact) mass is 305 g/mol. The van der Waals surface area contributed by atoms with Crippen molar-refractivity contribution < 1.29 is 0 Å². The van der Waals surface area contributed by atoms with Crippen LogP contribution in [0.3, 0.4) is 0 Å². The van der Waals surface area contributed by atoms with E-state index >= 15 is 0 Å². The Bertz CT molecular complexity index is 574. The summed E-state index contributed by atoms with van der Waals surface area (Å²) >= 11 is 3.37. The molecule has 4 heteroatoms. The number of hydrogen-bond donors (Lipinski definition) is 2. The van der Waals surface area contributed by atoms with Gasteiger partial charge >= 0.3 is 0 Å². The molecule has 0 saturated carbocycles. The lowest BCUT2D eigenvalue weighted by atomic mass is 9.90. The number of nitrogens with zero attached hydrogens (tertiary/aromatic N) is 1. The van der Waals surface area contributed by atoms with Crippen LogP contribution in [0.25, 0.3) is 11.3 Å². The maximum atomic E-state index is 5.75. The first-order chi connectivity index (χ1) is 8.78. The van der Waals surface area contributed by atoms with Crippen LogP contribution in [-0.2, 0) is 19.4 Å². The van der Waals surface area contributed by atoms with E-state index in [0.717, 1.165) is 21.7 Å². The highest BCUT2D eigenvalue weighted by Crippen LogP contribution is 2.29. The highest BCUT2D eigenvalue weighted by molar-refractivity contribution is 9.10. The van der Waals surface area contributed by atoms with Crippen molar-refractivity contribution in [3.05, 3.63) is 39.8 Å². The molecule has 3 rings (SSSR count). The number of nitrogens with two attached hydrogens (primary N) is 1. The second-order valence-electron chi connectivity index (χ2n) is 4.75. The van der Waals surface area contributed by atoms with E-state index in [2.05, 4.69) is 44.1 Å². The molecular weight excluding hydrogens is 290 g/mol. The van der Waals surface area contributed by atoms with Gasteiger partial charge in [-0.05, 0) is 58.8 Å². The number of aromatic amines is 1. The fraction of sp³-hybridized carbons (Fsp3) is 0.357. The Morgan fingerprint density at radius 1 is 1.22 bits per heavy atom. The minimum absolute atomic E-state index is 0.477. The number of rotatable bonds is 2. The van der Waals surface area contributed by atoms with Crippen molar-refractivity contribution in [2.24, 2.45) is 5.73 Å². The second-order valence-corrected chi connectivity index (χ2v) is 5.50. The van der Waals surface area contributed by atoms with E-state index in [1.807, 2.05) is 0 Å². The van der Waals surface area contributed by atoms with Gasteiger partial charge in [0.2, 0.25) is 0 Å². The van der Waals surface area contributed by atoms with Crippen LogP contribution in [0.4, 0.5) is 0 Å². The van der Waals surface area contributed by atoms with Crippen LogP contribution >= 0.6 is 15.9 Å². The van der Waals surface area contributed by atoms with Crippen molar-refractivity contribution in [3.63, 3.8) is 0 Å². The average molecular weight is 306 g/mol. The molecule has 3 nitrogen and oxygen atoms in total. The molecule has 0 saturated heterocycles. The van der Waals surface area contributed by atoms with Gasteiger partial charge in [-0.1, -0.05) is 12.1 Å². The molecule has 1 aliphatic carbocycles. The smallest absolute Gasteiger partial charge is 0.175 e. The molecule has 2 aromatic rings. The molecule has 0 aliphatic heterocycles. The summed E-state index contributed by atoms with van der Waals surface area (Å²) in [5.41, 5.74) is 11.8. The number of hydrogen-bond acceptors (Lipinski definition) is 2. The van der Waals surface area contributed by atoms with Crippen LogP contribution in [0.5, 0.6) is 0 Å². The van der Waals surface area contributed by atoms with Gasteiger partial charge in [-0.2, -0.15) is 0 Å². The topological polar surface area (TPSA) is 54.7 Å². The van der Waals surface area contributed by atoms with Gasteiger partial charge in [-0.25, -0.2) is 4.98 Å². The van der Waals surface area contributed by atoms with Crippen molar-refractivity contribution in [1.82, 2.24) is 9.97 Å². The van der Waals surface area contributed by atoms with Crippen LogP contribution in [0, 0.1) is 0 Å². The van der Waals surface area contributed by atoms with Gasteiger partial charge in [0.15, 0.2) is 4.73 Å². The fourth-order valence-corrected chi connectivity index (χ4v) is 3.06. The van der Waals surface area contributed by atoms with E-state index in [4.69, 9.17) is 5.73 Å². The first kappa shape index (κ1) is 11.9. The lowest BCUT2D eigenvalue weighted by Crippen LogP contribution is -2.03. The molecule has 1 heterocycles. The summed E-state index contributed by atoms with van der Waals surface area (Å²) in [4.78, 5) is 7.64. The second kappa shape index (κ2) is 4.86. The highest BCUT2D eigenvalue weighted by atomic mass is 79.9. The molecule has 1 aromatic heterocycles. The minimum atomic E-state index is 0.477. The minimum Gasteiger partial charge on any atom is -0.335 e. The third-order valence-corrected chi connectivity index (χ3v) is 3.95. The zero-order chi connectivity index (χ0) is 12.5. The largest absolute Gasteiger partial charge is 0.335 e. The maximum absolute atomic E-state index is 5.75. The molecule has 0 unspecified atom stereocenters. The quantitative estimate of drug-likeness (QED) is 0.895. The Kier molecular flexibility index (Phi) is 3.22. The summed E-state index contributed by atoms with van der Waals surface area (Å²) in [7, 11) is 0. The first-order valence-corrected chi connectivity index (χ1v) is 7.14. The molecule has 0 amide bonds. The molecule has 0 atom stereocenters. The summed E-state index contributed by atoms with van der Waals surface area (Å²) in [6, 6.07) is 6.68. The van der Waals surface area contributed by atoms with Crippen molar-refractivity contribution in [3.8, 4) is 11.3 Å². The average Bonchev–Trinajstić information content (AvgIpc) is 2.79. The Morgan fingerprint density at radius 3 is 2.78 bits per heavy atom. The lowest BCUT2D eigenvalue weighted by molar-refractivity contribution is 0.686. The number of nitrogens with one attached hydrogen (secondary N) is 1. The number of imidazole rings is 1. The number of benzene rings is 1. The zero-order valence-electron chi connectivity index (χ0n) is 10.2. The number of H-pyrrole nitrogens is 1. The summed E-state index contributed by atoms with van der Waals surface area (Å²) in [6.07, 6.45) is 5.01. The first-order valence-electron chi connectivity index (χ1n) is 6.34. The van der Waals surface area contributed by atoms with Crippen LogP contribution in [0.1, 0.15) is 29.7 Å². The molecule has 0 bridgehead atoms. The van der Waals surface area contributed by atoms with Crippen LogP contribution in [-0.4, -0.2) is 9.97 Å². The molecule has 18 heavy (non-hydrogen) atoms. The van der Waals surface area contributed by atoms with E-state index in [1.54, 1.807) is 0 Å². The third kappa shape index (κ3) is 2.10. The summed E-state index contributed by atoms with van der Waals surface area (Å²) in [5.74, 6) is 0. The number of aryl methyl sites for hydroxylation is 2. The van der Waals surface area contributed by atoms with Gasteiger partial charge in [0.05, 0.1) is 11.4 Å². The van der Waals surface area contributed by atoms with Crippen LogP contribution in [0.15, 0.2) is 22.9 Å². The standard InChI is InChI=1S/C14H16BrN3/c15-14-17-12(8-16)13(18-14)11-6-5-9-3-1-2-4-10(9)7-11/h5-7H,1-4,8,16H2,(H,17,18). The summed E-state index contributed by atoms with van der Waals surface area (Å²) in [5, 5.41) is 0. The number of halogens is 1. The van der Waals surface area contributed by atoms with E-state index in [-0.39, 0.29) is 0 Å². The Hall–Kier alpha value is -1.13. The molecule has 0 radical (unpaired) electrons. The summed E-state index contributed by atoms with van der Waals surface area (Å²) < 4.78 is 0.746. The third-order valence-electron chi connectivity index (χ3n) is 3.58. The molecular formula is C14H16BrN3. The van der Waals surface area contributed by atoms with Gasteiger partial charge in [0.25, 0.3) is 0 Å². The normalized spacial score (nSPS) is 14.6. The fourth-order valence-electron chi connectivity index (χ4n) is 2.64. The molecule has 94 valence electrons. The van der Waals surface area contributed by atoms with Crippen molar-refractivity contribution in [1.29, 1.82) is 0 Å². The highest BCUT2D eigenvalue weighted by Gasteiger charge is 2.14. The van der Waals surface area contributed by atoms with Crippen LogP contribution in [0.2, 0.25) is 0 Å². The van der Waals surface area contributed by atoms with Gasteiger partial charge in [-0.15, -0.1) is 0 Å². The maximum Gasteiger partial charge on any atom is 0.175 e. The van der Waals surface area contributed by atoms with E-state index in [0.29, 0.717) is 6.54 Å². The van der Waals surface area contributed by atoms with Gasteiger partial charge in [0, 0.05) is 12.1 Å². The predicted octanol–water partition coefficient (Wildman–Crippen LogP) is 3.18. The van der Waals surface area contributed by atoms with Gasteiger partial charge in [0.1, 0.15) is 0 Å². The lowest BCUT2D eigenvalue weighted by Gasteiger charge is -2.16. The Morgan fingerprint density at radius 2 is 2.00 bits per heavy atom. The van der Waals surface area contributed by atoms with Gasteiger partial charge < -0.3 is 10.7 Å². The summed E-state index contributed by atoms with van der Waals surface area (Å²) in [6.45, 7) is 0.477. The zero-order valence-corrected chi connectivity index (χ0v) is 11.8. The number of aromatic nitrogens is 2. The SMILES string of the molecule is NCc1[nH]c(Br)nc1-c1ccc2c(c1)CCCC2. The molecule has 3 N–H and O–H groups in total.